The molecular weight excluding hydrogens is 215 g/mol. The second-order valence-electron chi connectivity index (χ2n) is 3.13. The minimum absolute atomic E-state index is 0.237. The van der Waals surface area contributed by atoms with Gasteiger partial charge in [0.15, 0.2) is 0 Å². The predicted octanol–water partition coefficient (Wildman–Crippen LogP) is 2.86. The van der Waals surface area contributed by atoms with Crippen LogP contribution in [0, 0.1) is 5.82 Å². The highest BCUT2D eigenvalue weighted by Gasteiger charge is 2.03. The fraction of sp³-hybridized carbons (Fsp3) is 0.0909. The van der Waals surface area contributed by atoms with Crippen LogP contribution in [-0.2, 0) is 6.42 Å². The lowest BCUT2D eigenvalue weighted by atomic mass is 10.1. The maximum Gasteiger partial charge on any atom is 0.126 e. The third kappa shape index (κ3) is 2.50. The van der Waals surface area contributed by atoms with Gasteiger partial charge in [0.2, 0.25) is 0 Å². The summed E-state index contributed by atoms with van der Waals surface area (Å²) in [6.07, 6.45) is 1.85. The first-order valence-corrected chi connectivity index (χ1v) is 4.84. The quantitative estimate of drug-likeness (QED) is 0.781. The van der Waals surface area contributed by atoms with Gasteiger partial charge in [-0.25, -0.2) is 4.39 Å². The van der Waals surface area contributed by atoms with Crippen LogP contribution >= 0.6 is 11.6 Å². The summed E-state index contributed by atoms with van der Waals surface area (Å²) in [6, 6.07) is 8.27. The fourth-order valence-electron chi connectivity index (χ4n) is 1.31. The van der Waals surface area contributed by atoms with Gasteiger partial charge in [0, 0.05) is 6.42 Å². The number of hydrogen-bond donors (Lipinski definition) is 0. The van der Waals surface area contributed by atoms with Gasteiger partial charge in [-0.1, -0.05) is 29.8 Å². The van der Waals surface area contributed by atoms with E-state index in [0.717, 1.165) is 0 Å². The summed E-state index contributed by atoms with van der Waals surface area (Å²) in [5.41, 5.74) is 1.25. The molecule has 0 saturated heterocycles. The zero-order valence-electron chi connectivity index (χ0n) is 7.82. The SMILES string of the molecule is Fc1ccccc1Cc1cc(Cl)cnn1. The normalized spacial score (nSPS) is 10.3. The second-order valence-corrected chi connectivity index (χ2v) is 3.57. The second kappa shape index (κ2) is 4.36. The maximum atomic E-state index is 13.3. The minimum atomic E-state index is -0.237. The molecule has 2 nitrogen and oxygen atoms in total. The molecular formula is C11H8ClFN2. The van der Waals surface area contributed by atoms with Crippen molar-refractivity contribution in [1.82, 2.24) is 10.2 Å². The Bertz CT molecular complexity index is 474. The van der Waals surface area contributed by atoms with Crippen LogP contribution in [0.15, 0.2) is 36.5 Å². The van der Waals surface area contributed by atoms with Gasteiger partial charge in [0.1, 0.15) is 5.82 Å². The molecule has 0 aliphatic heterocycles. The summed E-state index contributed by atoms with van der Waals surface area (Å²) in [4.78, 5) is 0. The molecule has 0 unspecified atom stereocenters. The summed E-state index contributed by atoms with van der Waals surface area (Å²) in [5, 5.41) is 8.09. The first kappa shape index (κ1) is 10.1. The molecule has 0 N–H and O–H groups in total. The van der Waals surface area contributed by atoms with E-state index in [-0.39, 0.29) is 5.82 Å². The van der Waals surface area contributed by atoms with E-state index in [0.29, 0.717) is 22.7 Å². The van der Waals surface area contributed by atoms with Crippen molar-refractivity contribution in [2.75, 3.05) is 0 Å². The van der Waals surface area contributed by atoms with Crippen molar-refractivity contribution in [3.8, 4) is 0 Å². The zero-order valence-corrected chi connectivity index (χ0v) is 8.58. The van der Waals surface area contributed by atoms with Crippen LogP contribution in [0.1, 0.15) is 11.3 Å². The molecule has 0 saturated carbocycles. The Balaban J connectivity index is 2.26. The molecule has 1 heterocycles. The first-order chi connectivity index (χ1) is 7.25. The van der Waals surface area contributed by atoms with Crippen LogP contribution in [-0.4, -0.2) is 10.2 Å². The Morgan fingerprint density at radius 1 is 1.27 bits per heavy atom. The summed E-state index contributed by atoms with van der Waals surface area (Å²) in [5.74, 6) is -0.237. The van der Waals surface area contributed by atoms with Gasteiger partial charge in [-0.05, 0) is 17.7 Å². The molecule has 0 radical (unpaired) electrons. The van der Waals surface area contributed by atoms with Crippen molar-refractivity contribution in [3.05, 3.63) is 58.6 Å². The molecule has 2 rings (SSSR count). The van der Waals surface area contributed by atoms with Crippen molar-refractivity contribution in [2.45, 2.75) is 6.42 Å². The van der Waals surface area contributed by atoms with Crippen molar-refractivity contribution < 1.29 is 4.39 Å². The van der Waals surface area contributed by atoms with E-state index in [1.54, 1.807) is 24.3 Å². The standard InChI is InChI=1S/C11H8ClFN2/c12-9-6-10(15-14-7-9)5-8-3-1-2-4-11(8)13/h1-4,6-7H,5H2. The van der Waals surface area contributed by atoms with E-state index in [2.05, 4.69) is 10.2 Å². The Morgan fingerprint density at radius 3 is 2.80 bits per heavy atom. The molecule has 0 aliphatic rings. The third-order valence-electron chi connectivity index (χ3n) is 2.00. The Labute approximate surface area is 91.7 Å². The number of hydrogen-bond acceptors (Lipinski definition) is 2. The monoisotopic (exact) mass is 222 g/mol. The number of nitrogens with zero attached hydrogens (tertiary/aromatic N) is 2. The van der Waals surface area contributed by atoms with Crippen LogP contribution in [0.4, 0.5) is 4.39 Å². The molecule has 0 spiro atoms. The van der Waals surface area contributed by atoms with Crippen LogP contribution in [0.2, 0.25) is 5.02 Å². The largest absolute Gasteiger partial charge is 0.207 e. The third-order valence-corrected chi connectivity index (χ3v) is 2.21. The van der Waals surface area contributed by atoms with Gasteiger partial charge in [0.25, 0.3) is 0 Å². The van der Waals surface area contributed by atoms with E-state index < -0.39 is 0 Å². The highest BCUT2D eigenvalue weighted by atomic mass is 35.5. The van der Waals surface area contributed by atoms with Gasteiger partial charge in [0.05, 0.1) is 16.9 Å². The average molecular weight is 223 g/mol. The Hall–Kier alpha value is -1.48. The van der Waals surface area contributed by atoms with Crippen molar-refractivity contribution in [3.63, 3.8) is 0 Å². The lowest BCUT2D eigenvalue weighted by Gasteiger charge is -2.01. The predicted molar refractivity (Wildman–Crippen MR) is 56.2 cm³/mol. The molecule has 15 heavy (non-hydrogen) atoms. The van der Waals surface area contributed by atoms with E-state index in [1.165, 1.54) is 12.3 Å². The van der Waals surface area contributed by atoms with Gasteiger partial charge in [-0.2, -0.15) is 10.2 Å². The lowest BCUT2D eigenvalue weighted by molar-refractivity contribution is 0.612. The average Bonchev–Trinajstić information content (AvgIpc) is 2.22. The van der Waals surface area contributed by atoms with Gasteiger partial charge < -0.3 is 0 Å². The molecule has 4 heteroatoms. The van der Waals surface area contributed by atoms with E-state index in [9.17, 15) is 4.39 Å². The summed E-state index contributed by atoms with van der Waals surface area (Å²) < 4.78 is 13.3. The molecule has 0 bridgehead atoms. The molecule has 1 aromatic heterocycles. The summed E-state index contributed by atoms with van der Waals surface area (Å²) in [7, 11) is 0. The van der Waals surface area contributed by atoms with Crippen LogP contribution in [0.25, 0.3) is 0 Å². The van der Waals surface area contributed by atoms with Crippen LogP contribution in [0.3, 0.4) is 0 Å². The highest BCUT2D eigenvalue weighted by molar-refractivity contribution is 6.30. The zero-order chi connectivity index (χ0) is 10.7. The summed E-state index contributed by atoms with van der Waals surface area (Å²) >= 11 is 5.75. The highest BCUT2D eigenvalue weighted by Crippen LogP contribution is 2.13. The number of aromatic nitrogens is 2. The van der Waals surface area contributed by atoms with E-state index >= 15 is 0 Å². The van der Waals surface area contributed by atoms with E-state index in [1.807, 2.05) is 0 Å². The first-order valence-electron chi connectivity index (χ1n) is 4.46. The van der Waals surface area contributed by atoms with E-state index in [4.69, 9.17) is 11.6 Å². The van der Waals surface area contributed by atoms with Gasteiger partial charge in [-0.3, -0.25) is 0 Å². The Morgan fingerprint density at radius 2 is 2.07 bits per heavy atom. The number of benzene rings is 1. The van der Waals surface area contributed by atoms with Gasteiger partial charge >= 0.3 is 0 Å². The molecule has 0 aliphatic carbocycles. The van der Waals surface area contributed by atoms with Crippen molar-refractivity contribution in [2.24, 2.45) is 0 Å². The molecule has 2 aromatic rings. The summed E-state index contributed by atoms with van der Waals surface area (Å²) in [6.45, 7) is 0. The molecule has 0 fully saturated rings. The lowest BCUT2D eigenvalue weighted by Crippen LogP contribution is -1.96. The molecule has 1 aromatic carbocycles. The van der Waals surface area contributed by atoms with Gasteiger partial charge in [-0.15, -0.1) is 0 Å². The molecule has 0 amide bonds. The van der Waals surface area contributed by atoms with Crippen LogP contribution in [0.5, 0.6) is 0 Å². The Kier molecular flexibility index (Phi) is 2.92. The van der Waals surface area contributed by atoms with Crippen LogP contribution < -0.4 is 0 Å². The topological polar surface area (TPSA) is 25.8 Å². The maximum absolute atomic E-state index is 13.3. The fourth-order valence-corrected chi connectivity index (χ4v) is 1.48. The molecule has 76 valence electrons. The number of rotatable bonds is 2. The number of halogens is 2. The smallest absolute Gasteiger partial charge is 0.126 e. The van der Waals surface area contributed by atoms with Crippen molar-refractivity contribution >= 4 is 11.6 Å². The minimum Gasteiger partial charge on any atom is -0.207 e. The van der Waals surface area contributed by atoms with Crippen molar-refractivity contribution in [1.29, 1.82) is 0 Å². The molecule has 0 atom stereocenters.